The summed E-state index contributed by atoms with van der Waals surface area (Å²) in [4.78, 5) is 26.0. The Kier molecular flexibility index (Phi) is 10.1. The number of rotatable bonds is 4. The van der Waals surface area contributed by atoms with Crippen LogP contribution in [-0.2, 0) is 42.0 Å². The molecule has 2 aromatic carbocycles. The van der Waals surface area contributed by atoms with Crippen LogP contribution in [0.3, 0.4) is 0 Å². The van der Waals surface area contributed by atoms with Crippen LogP contribution in [0.5, 0.6) is 0 Å². The van der Waals surface area contributed by atoms with Crippen LogP contribution in [-0.4, -0.2) is 39.7 Å². The lowest BCUT2D eigenvalue weighted by Crippen LogP contribution is -2.55. The van der Waals surface area contributed by atoms with Gasteiger partial charge in [0.05, 0.1) is 42.6 Å². The highest BCUT2D eigenvalue weighted by atomic mass is 35.5. The van der Waals surface area contributed by atoms with Crippen molar-refractivity contribution in [1.29, 1.82) is 0 Å². The molecule has 246 valence electrons. The fourth-order valence-corrected chi connectivity index (χ4v) is 6.28. The maximum atomic E-state index is 13.5. The lowest BCUT2D eigenvalue weighted by molar-refractivity contribution is -0.138. The van der Waals surface area contributed by atoms with Gasteiger partial charge in [0, 0.05) is 0 Å². The minimum absolute atomic E-state index is 0.340. The van der Waals surface area contributed by atoms with E-state index < -0.39 is 106 Å². The standard InChI is InChI=1S/C18H4Cl4F12N2O6S2/c19-7-1-5(15(23,24)25)2-8(20)11(7)35(43(39,40)17(29,30)31)13(37)14(38)36(44(41,42)18(32,33)34)12-9(21)3-6(4-10(12)22)16(26,27)28/h1-4H. The van der Waals surface area contributed by atoms with Gasteiger partial charge in [0.15, 0.2) is 0 Å². The average molecular weight is 778 g/mol. The van der Waals surface area contributed by atoms with E-state index >= 15 is 0 Å². The van der Waals surface area contributed by atoms with Gasteiger partial charge in [-0.25, -0.2) is 0 Å². The number of benzene rings is 2. The molecule has 0 bridgehead atoms. The van der Waals surface area contributed by atoms with E-state index in [4.69, 9.17) is 46.4 Å². The first-order valence-corrected chi connectivity index (χ1v) is 14.2. The number of amides is 2. The SMILES string of the molecule is O=C(C(=O)N(c1c(Cl)cc(C(F)(F)F)cc1Cl)S(=O)(=O)C(F)(F)F)N(c1c(Cl)cc(C(F)(F)F)cc1Cl)S(=O)(=O)C(F)(F)F. The van der Waals surface area contributed by atoms with Gasteiger partial charge in [-0.2, -0.15) is 78.1 Å². The van der Waals surface area contributed by atoms with Crippen LogP contribution in [0.1, 0.15) is 11.1 Å². The third-order valence-corrected chi connectivity index (χ3v) is 8.69. The second-order valence-electron chi connectivity index (χ2n) is 7.61. The van der Waals surface area contributed by atoms with Gasteiger partial charge in [-0.05, 0) is 24.3 Å². The minimum atomic E-state index is -7.48. The van der Waals surface area contributed by atoms with Crippen LogP contribution in [0.2, 0.25) is 20.1 Å². The van der Waals surface area contributed by atoms with Crippen LogP contribution in [0.25, 0.3) is 0 Å². The summed E-state index contributed by atoms with van der Waals surface area (Å²) in [5, 5.41) is -7.24. The zero-order valence-corrected chi connectivity index (χ0v) is 24.2. The molecule has 0 saturated heterocycles. The van der Waals surface area contributed by atoms with Gasteiger partial charge in [-0.15, -0.1) is 0 Å². The Morgan fingerprint density at radius 3 is 0.864 bits per heavy atom. The minimum Gasteiger partial charge on any atom is -0.262 e. The Labute approximate surface area is 255 Å². The highest BCUT2D eigenvalue weighted by molar-refractivity contribution is 7.95. The summed E-state index contributed by atoms with van der Waals surface area (Å²) in [7, 11) is -15.0. The first kappa shape index (κ1) is 37.8. The Morgan fingerprint density at radius 1 is 0.500 bits per heavy atom. The normalized spacial score (nSPS) is 13.5. The largest absolute Gasteiger partial charge is 0.517 e. The van der Waals surface area contributed by atoms with E-state index in [1.54, 1.807) is 0 Å². The van der Waals surface area contributed by atoms with Crippen LogP contribution >= 0.6 is 46.4 Å². The second-order valence-corrected chi connectivity index (χ2v) is 12.8. The maximum Gasteiger partial charge on any atom is 0.517 e. The van der Waals surface area contributed by atoms with Crippen molar-refractivity contribution in [2.24, 2.45) is 0 Å². The molecule has 44 heavy (non-hydrogen) atoms. The predicted molar refractivity (Wildman–Crippen MR) is 128 cm³/mol. The van der Waals surface area contributed by atoms with Gasteiger partial charge in [0.2, 0.25) is 0 Å². The first-order chi connectivity index (χ1) is 19.4. The van der Waals surface area contributed by atoms with Crippen LogP contribution in [0, 0.1) is 0 Å². The lowest BCUT2D eigenvalue weighted by atomic mass is 10.2. The molecule has 0 unspecified atom stereocenters. The van der Waals surface area contributed by atoms with E-state index in [9.17, 15) is 79.1 Å². The van der Waals surface area contributed by atoms with E-state index in [1.807, 2.05) is 0 Å². The van der Waals surface area contributed by atoms with E-state index in [2.05, 4.69) is 0 Å². The zero-order valence-electron chi connectivity index (χ0n) is 19.5. The molecular formula is C18H4Cl4F12N2O6S2. The smallest absolute Gasteiger partial charge is 0.262 e. The molecule has 0 fully saturated rings. The summed E-state index contributed by atoms with van der Waals surface area (Å²) in [5.74, 6) is -6.96. The summed E-state index contributed by atoms with van der Waals surface area (Å²) in [5.41, 5.74) is -21.6. The molecule has 0 spiro atoms. The lowest BCUT2D eigenvalue weighted by Gasteiger charge is -2.29. The first-order valence-electron chi connectivity index (χ1n) is 9.83. The van der Waals surface area contributed by atoms with E-state index in [0.29, 0.717) is 0 Å². The molecule has 26 heteroatoms. The van der Waals surface area contributed by atoms with Crippen molar-refractivity contribution in [3.05, 3.63) is 55.5 Å². The average Bonchev–Trinajstić information content (AvgIpc) is 2.79. The van der Waals surface area contributed by atoms with Gasteiger partial charge < -0.3 is 0 Å². The summed E-state index contributed by atoms with van der Waals surface area (Å²) >= 11 is 21.7. The molecule has 2 amide bonds. The Morgan fingerprint density at radius 2 is 0.705 bits per heavy atom. The molecule has 0 aliphatic heterocycles. The molecular weight excluding hydrogens is 774 g/mol. The Hall–Kier alpha value is -2.40. The van der Waals surface area contributed by atoms with Gasteiger partial charge in [0.25, 0.3) is 0 Å². The number of carbonyl (C=O) groups excluding carboxylic acids is 2. The van der Waals surface area contributed by atoms with Crippen molar-refractivity contribution in [2.75, 3.05) is 8.61 Å². The highest BCUT2D eigenvalue weighted by Gasteiger charge is 2.59. The topological polar surface area (TPSA) is 109 Å². The number of carbonyl (C=O) groups is 2. The van der Waals surface area contributed by atoms with E-state index in [1.165, 1.54) is 0 Å². The fraction of sp³-hybridized carbons (Fsp3) is 0.222. The van der Waals surface area contributed by atoms with Gasteiger partial charge >= 0.3 is 55.2 Å². The molecule has 0 atom stereocenters. The molecule has 0 N–H and O–H groups in total. The van der Waals surface area contributed by atoms with Crippen LogP contribution < -0.4 is 8.61 Å². The van der Waals surface area contributed by atoms with Gasteiger partial charge in [-0.3, -0.25) is 9.59 Å². The molecule has 2 aromatic rings. The third-order valence-electron chi connectivity index (χ3n) is 4.71. The van der Waals surface area contributed by atoms with Gasteiger partial charge in [-0.1, -0.05) is 46.4 Å². The number of anilines is 2. The number of sulfonamides is 2. The highest BCUT2D eigenvalue weighted by Crippen LogP contribution is 2.46. The number of alkyl halides is 12. The third kappa shape index (κ3) is 7.03. The van der Waals surface area contributed by atoms with E-state index in [-0.39, 0.29) is 24.3 Å². The molecule has 8 nitrogen and oxygen atoms in total. The molecule has 0 aliphatic rings. The summed E-state index contributed by atoms with van der Waals surface area (Å²) < 4.78 is 205. The van der Waals surface area contributed by atoms with E-state index in [0.717, 1.165) is 0 Å². The zero-order chi connectivity index (χ0) is 34.8. The summed E-state index contributed by atoms with van der Waals surface area (Å²) in [6.07, 6.45) is -10.8. The number of hydrogen-bond acceptors (Lipinski definition) is 6. The van der Waals surface area contributed by atoms with Crippen LogP contribution in [0.15, 0.2) is 24.3 Å². The quantitative estimate of drug-likeness (QED) is 0.237. The van der Waals surface area contributed by atoms with Crippen molar-refractivity contribution >= 4 is 89.6 Å². The predicted octanol–water partition coefficient (Wildman–Crippen LogP) is 7.40. The summed E-state index contributed by atoms with van der Waals surface area (Å²) in [6.45, 7) is 0. The number of hydrogen-bond donors (Lipinski definition) is 0. The van der Waals surface area contributed by atoms with Crippen molar-refractivity contribution in [2.45, 2.75) is 23.4 Å². The van der Waals surface area contributed by atoms with Crippen molar-refractivity contribution in [3.8, 4) is 0 Å². The number of halogens is 16. The van der Waals surface area contributed by atoms with Crippen molar-refractivity contribution < 1.29 is 79.1 Å². The molecule has 0 heterocycles. The van der Waals surface area contributed by atoms with Crippen molar-refractivity contribution in [3.63, 3.8) is 0 Å². The fourth-order valence-electron chi connectivity index (χ4n) is 2.89. The van der Waals surface area contributed by atoms with Crippen molar-refractivity contribution in [1.82, 2.24) is 0 Å². The summed E-state index contributed by atoms with van der Waals surface area (Å²) in [6, 6.07) is -1.36. The Bertz CT molecular complexity index is 1570. The molecule has 0 aliphatic carbocycles. The van der Waals surface area contributed by atoms with Gasteiger partial charge in [0.1, 0.15) is 0 Å². The monoisotopic (exact) mass is 776 g/mol. The molecule has 0 saturated carbocycles. The molecule has 0 aromatic heterocycles. The molecule has 0 radical (unpaired) electrons. The number of nitrogens with zero attached hydrogens (tertiary/aromatic N) is 2. The molecule has 2 rings (SSSR count). The Balaban J connectivity index is 3.05. The van der Waals surface area contributed by atoms with Crippen LogP contribution in [0.4, 0.5) is 64.1 Å². The maximum absolute atomic E-state index is 13.5. The second kappa shape index (κ2) is 11.8.